The molecule has 5 amide bonds. The predicted octanol–water partition coefficient (Wildman–Crippen LogP) is -5.82. The molecule has 1 aromatic carbocycles. The summed E-state index contributed by atoms with van der Waals surface area (Å²) >= 11 is 0. The van der Waals surface area contributed by atoms with Crippen LogP contribution in [0.5, 0.6) is 0 Å². The summed E-state index contributed by atoms with van der Waals surface area (Å²) in [7, 11) is 0. The molecule has 1 fully saturated rings. The molecule has 0 atom stereocenters. The van der Waals surface area contributed by atoms with Gasteiger partial charge in [-0.1, -0.05) is 38.1 Å². The normalized spacial score (nSPS) is 11.8. The fourth-order valence-electron chi connectivity index (χ4n) is 3.03. The molecule has 1 saturated heterocycles. The summed E-state index contributed by atoms with van der Waals surface area (Å²) in [4.78, 5) is 59.7. The average Bonchev–Trinajstić information content (AvgIpc) is 2.75. The summed E-state index contributed by atoms with van der Waals surface area (Å²) in [5.74, 6) is -1.41. The molecule has 1 aromatic rings. The van der Waals surface area contributed by atoms with Crippen LogP contribution in [0.3, 0.4) is 0 Å². The van der Waals surface area contributed by atoms with E-state index in [0.717, 1.165) is 0 Å². The zero-order valence-corrected chi connectivity index (χ0v) is 37.4. The van der Waals surface area contributed by atoms with Gasteiger partial charge in [-0.3, -0.25) is 14.5 Å². The zero-order valence-electron chi connectivity index (χ0n) is 22.7. The Morgan fingerprint density at radius 3 is 2.14 bits per heavy atom. The fourth-order valence-corrected chi connectivity index (χ4v) is 3.03. The van der Waals surface area contributed by atoms with Gasteiger partial charge in [-0.05, 0) is 24.3 Å². The van der Waals surface area contributed by atoms with Crippen LogP contribution in [0.2, 0.25) is 0 Å². The number of hydrogen-bond acceptors (Lipinski definition) is 6. The van der Waals surface area contributed by atoms with Crippen LogP contribution in [0.1, 0.15) is 45.1 Å². The van der Waals surface area contributed by atoms with E-state index in [4.69, 9.17) is 4.74 Å². The minimum atomic E-state index is -0.614. The second-order valence-electron chi connectivity index (χ2n) is 8.33. The van der Waals surface area contributed by atoms with Gasteiger partial charge in [-0.15, -0.1) is 18.8 Å². The third kappa shape index (κ3) is 18.3. The quantitative estimate of drug-likeness (QED) is 0.106. The van der Waals surface area contributed by atoms with E-state index in [1.165, 1.54) is 4.90 Å². The molecule has 0 aliphatic carbocycles. The second kappa shape index (κ2) is 23.7. The maximum atomic E-state index is 12.0. The van der Waals surface area contributed by atoms with Crippen molar-refractivity contribution in [3.8, 4) is 0 Å². The standard InChI is InChI=1S/C24H34N4O6.3Rb/c1-17(2)14-20(29)25-9-3-12-34-13-10-26-21(30)16-22(31)27-19-6-4-18(5-7-19)15-24(33)28-11-8-23(28)32;;;/h4-7,17H,3,8-16H2,1-2H3,(H3,25,26,27,29,30,31);;;/q;3*+1/p-3. The molecule has 1 aliphatic heterocycles. The van der Waals surface area contributed by atoms with Crippen LogP contribution in [0.25, 0.3) is 16.0 Å². The Labute approximate surface area is 365 Å². The van der Waals surface area contributed by atoms with Crippen molar-refractivity contribution in [1.82, 2.24) is 4.90 Å². The van der Waals surface area contributed by atoms with Crippen LogP contribution in [-0.4, -0.2) is 67.3 Å². The molecule has 37 heavy (non-hydrogen) atoms. The Bertz CT molecular complexity index is 884. The number of rotatable bonds is 14. The minimum Gasteiger partial charge on any atom is -0.653 e. The second-order valence-corrected chi connectivity index (χ2v) is 8.33. The number of β-lactam (4-membered cyclic amide) rings is 1. The van der Waals surface area contributed by atoms with Gasteiger partial charge in [-0.2, -0.15) is 0 Å². The number of benzene rings is 1. The summed E-state index contributed by atoms with van der Waals surface area (Å²) in [5.41, 5.74) is 1.08. The molecular formula is C24H31N4O6Rb3. The Hall–Kier alpha value is 2.15. The van der Waals surface area contributed by atoms with E-state index in [2.05, 4.69) is 16.0 Å². The van der Waals surface area contributed by atoms with Crippen molar-refractivity contribution >= 4 is 35.2 Å². The van der Waals surface area contributed by atoms with Gasteiger partial charge in [0, 0.05) is 32.6 Å². The smallest absolute Gasteiger partial charge is 0.653 e. The first-order chi connectivity index (χ1) is 16.2. The number of hydrogen-bond donors (Lipinski definition) is 0. The molecule has 0 unspecified atom stereocenters. The van der Waals surface area contributed by atoms with Crippen molar-refractivity contribution in [2.24, 2.45) is 5.92 Å². The number of amides is 5. The van der Waals surface area contributed by atoms with E-state index in [1.54, 1.807) is 24.3 Å². The Balaban J connectivity index is 0. The number of carbonyl (C=O) groups excluding carboxylic acids is 5. The molecule has 0 spiro atoms. The van der Waals surface area contributed by atoms with E-state index in [1.807, 2.05) is 13.8 Å². The van der Waals surface area contributed by atoms with Gasteiger partial charge in [0.2, 0.25) is 11.8 Å². The Morgan fingerprint density at radius 1 is 0.919 bits per heavy atom. The molecule has 0 bridgehead atoms. The Morgan fingerprint density at radius 2 is 1.57 bits per heavy atom. The summed E-state index contributed by atoms with van der Waals surface area (Å²) in [6.07, 6.45) is 1.13. The maximum absolute atomic E-state index is 12.0. The molecule has 2 rings (SSSR count). The van der Waals surface area contributed by atoms with Crippen LogP contribution in [0.15, 0.2) is 24.3 Å². The van der Waals surface area contributed by atoms with Crippen LogP contribution in [0.4, 0.5) is 5.69 Å². The summed E-state index contributed by atoms with van der Waals surface area (Å²) in [5, 5.41) is 11.6. The van der Waals surface area contributed by atoms with Crippen molar-refractivity contribution in [2.45, 2.75) is 46.0 Å². The van der Waals surface area contributed by atoms with Gasteiger partial charge in [0.05, 0.1) is 24.1 Å². The predicted molar refractivity (Wildman–Crippen MR) is 125 cm³/mol. The monoisotopic (exact) mass is 726 g/mol. The van der Waals surface area contributed by atoms with Crippen molar-refractivity contribution in [2.75, 3.05) is 32.8 Å². The van der Waals surface area contributed by atoms with E-state index < -0.39 is 18.2 Å². The van der Waals surface area contributed by atoms with Crippen LogP contribution < -0.4 is 175 Å². The summed E-state index contributed by atoms with van der Waals surface area (Å²) in [6, 6.07) is 6.48. The number of carbonyl (C=O) groups is 5. The molecule has 0 saturated carbocycles. The van der Waals surface area contributed by atoms with Crippen LogP contribution in [-0.2, 0) is 35.1 Å². The third-order valence-corrected chi connectivity index (χ3v) is 4.84. The number of likely N-dealkylation sites (tertiary alicyclic amines) is 1. The topological polar surface area (TPSA) is 140 Å². The van der Waals surface area contributed by atoms with Crippen molar-refractivity contribution < 1.29 is 203 Å². The molecule has 10 nitrogen and oxygen atoms in total. The van der Waals surface area contributed by atoms with Gasteiger partial charge in [-0.25, -0.2) is 0 Å². The van der Waals surface area contributed by atoms with E-state index in [9.17, 15) is 24.0 Å². The van der Waals surface area contributed by atoms with Gasteiger partial charge < -0.3 is 35.1 Å². The van der Waals surface area contributed by atoms with E-state index in [-0.39, 0.29) is 218 Å². The molecule has 1 aliphatic rings. The first-order valence-electron chi connectivity index (χ1n) is 11.4. The summed E-state index contributed by atoms with van der Waals surface area (Å²) in [6.45, 7) is 5.58. The molecule has 0 N–H and O–H groups in total. The zero-order chi connectivity index (χ0) is 24.9. The largest absolute Gasteiger partial charge is 1.00 e. The van der Waals surface area contributed by atoms with Crippen molar-refractivity contribution in [3.05, 3.63) is 45.8 Å². The number of ether oxygens (including phenoxy) is 1. The molecule has 0 aromatic heterocycles. The average molecular weight is 728 g/mol. The first-order valence-corrected chi connectivity index (χ1v) is 11.4. The van der Waals surface area contributed by atoms with E-state index >= 15 is 0 Å². The molecule has 0 radical (unpaired) electrons. The maximum Gasteiger partial charge on any atom is 1.00 e. The molecule has 13 heteroatoms. The van der Waals surface area contributed by atoms with Gasteiger partial charge in [0.15, 0.2) is 0 Å². The van der Waals surface area contributed by atoms with Crippen molar-refractivity contribution in [1.29, 1.82) is 0 Å². The molecular weight excluding hydrogens is 697 g/mol. The van der Waals surface area contributed by atoms with Crippen LogP contribution in [0, 0.1) is 5.92 Å². The van der Waals surface area contributed by atoms with Gasteiger partial charge >= 0.3 is 175 Å². The molecule has 1 heterocycles. The Kier molecular flexibility index (Phi) is 26.4. The van der Waals surface area contributed by atoms with Gasteiger partial charge in [0.25, 0.3) is 0 Å². The van der Waals surface area contributed by atoms with Crippen molar-refractivity contribution in [3.63, 3.8) is 0 Å². The van der Waals surface area contributed by atoms with E-state index in [0.29, 0.717) is 50.2 Å². The van der Waals surface area contributed by atoms with Crippen LogP contribution >= 0.6 is 0 Å². The first kappa shape index (κ1) is 41.3. The van der Waals surface area contributed by atoms with Gasteiger partial charge in [0.1, 0.15) is 0 Å². The number of nitrogens with zero attached hydrogens (tertiary/aromatic N) is 4. The summed E-state index contributed by atoms with van der Waals surface area (Å²) < 4.78 is 5.35. The third-order valence-electron chi connectivity index (χ3n) is 4.84. The number of imide groups is 1. The molecule has 186 valence electrons. The minimum absolute atomic E-state index is 0. The SMILES string of the molecule is CC(C)CC(=O)[N-]CCCOCC[N-]C(=O)CC(=O)[N-]c1ccc(CC(=O)N2CCC2=O)cc1.[Rb+].[Rb+].[Rb+]. The fraction of sp³-hybridized carbons (Fsp3) is 0.542.